The summed E-state index contributed by atoms with van der Waals surface area (Å²) in [5, 5.41) is 6.14. The number of anilines is 1. The predicted molar refractivity (Wildman–Crippen MR) is 111 cm³/mol. The Hall–Kier alpha value is -2.66. The summed E-state index contributed by atoms with van der Waals surface area (Å²) in [4.78, 5) is 25.8. The van der Waals surface area contributed by atoms with Crippen molar-refractivity contribution in [3.63, 3.8) is 0 Å². The van der Waals surface area contributed by atoms with Crippen LogP contribution in [-0.4, -0.2) is 32.0 Å². The van der Waals surface area contributed by atoms with Gasteiger partial charge in [-0.1, -0.05) is 42.5 Å². The minimum atomic E-state index is -0.0780. The highest BCUT2D eigenvalue weighted by Crippen LogP contribution is 2.29. The van der Waals surface area contributed by atoms with Crippen molar-refractivity contribution in [1.82, 2.24) is 5.32 Å². The lowest BCUT2D eigenvalue weighted by Gasteiger charge is -2.26. The van der Waals surface area contributed by atoms with Gasteiger partial charge in [0.05, 0.1) is 13.1 Å². The minimum Gasteiger partial charge on any atom is -0.344 e. The molecule has 1 aliphatic carbocycles. The molecule has 3 N–H and O–H groups in total. The zero-order valence-corrected chi connectivity index (χ0v) is 17.0. The van der Waals surface area contributed by atoms with Crippen LogP contribution in [0.5, 0.6) is 0 Å². The molecular weight excluding hydrogens is 350 g/mol. The fraction of sp³-hybridized carbons (Fsp3) is 0.391. The minimum absolute atomic E-state index is 0.0147. The second kappa shape index (κ2) is 9.02. The molecule has 0 radical (unpaired) electrons. The molecule has 0 heterocycles. The van der Waals surface area contributed by atoms with E-state index < -0.39 is 0 Å². The van der Waals surface area contributed by atoms with Gasteiger partial charge in [-0.05, 0) is 55.4 Å². The van der Waals surface area contributed by atoms with Crippen molar-refractivity contribution in [2.24, 2.45) is 0 Å². The van der Waals surface area contributed by atoms with Gasteiger partial charge >= 0.3 is 0 Å². The van der Waals surface area contributed by atoms with Gasteiger partial charge < -0.3 is 15.5 Å². The molecule has 2 aromatic rings. The summed E-state index contributed by atoms with van der Waals surface area (Å²) in [7, 11) is 1.87. The molecule has 3 rings (SSSR count). The number of hydrogen-bond donors (Lipinski definition) is 3. The number of fused-ring (bicyclic) bond motifs is 1. The zero-order chi connectivity index (χ0) is 20.1. The van der Waals surface area contributed by atoms with Gasteiger partial charge in [0, 0.05) is 5.69 Å². The number of para-hydroxylation sites is 1. The Labute approximate surface area is 167 Å². The second-order valence-corrected chi connectivity index (χ2v) is 7.84. The number of likely N-dealkylation sites (N-methyl/N-ethyl adjacent to an activating group) is 1. The fourth-order valence-corrected chi connectivity index (χ4v) is 3.96. The number of benzene rings is 2. The van der Waals surface area contributed by atoms with E-state index in [1.807, 2.05) is 45.2 Å². The predicted octanol–water partition coefficient (Wildman–Crippen LogP) is 1.95. The summed E-state index contributed by atoms with van der Waals surface area (Å²) in [5.74, 6) is -0.0928. The van der Waals surface area contributed by atoms with E-state index in [2.05, 4.69) is 28.8 Å². The summed E-state index contributed by atoms with van der Waals surface area (Å²) in [6, 6.07) is 14.3. The molecular formula is C23H30N3O2+. The highest BCUT2D eigenvalue weighted by Gasteiger charge is 2.23. The molecule has 2 aromatic carbocycles. The van der Waals surface area contributed by atoms with Gasteiger partial charge in [0.1, 0.15) is 0 Å². The van der Waals surface area contributed by atoms with E-state index in [9.17, 15) is 9.59 Å². The van der Waals surface area contributed by atoms with Gasteiger partial charge in [0.15, 0.2) is 13.1 Å². The van der Waals surface area contributed by atoms with E-state index in [4.69, 9.17) is 0 Å². The molecule has 5 nitrogen and oxygen atoms in total. The van der Waals surface area contributed by atoms with Crippen LogP contribution in [0.15, 0.2) is 42.5 Å². The Bertz CT molecular complexity index is 842. The molecule has 0 bridgehead atoms. The van der Waals surface area contributed by atoms with E-state index in [0.29, 0.717) is 0 Å². The Morgan fingerprint density at radius 2 is 1.68 bits per heavy atom. The molecule has 0 spiro atoms. The first-order valence-electron chi connectivity index (χ1n) is 9.98. The third-order valence-corrected chi connectivity index (χ3v) is 5.37. The van der Waals surface area contributed by atoms with Gasteiger partial charge in [-0.15, -0.1) is 0 Å². The molecule has 2 amide bonds. The average Bonchev–Trinajstić information content (AvgIpc) is 2.65. The van der Waals surface area contributed by atoms with Crippen LogP contribution < -0.4 is 15.5 Å². The lowest BCUT2D eigenvalue weighted by Crippen LogP contribution is -3.11. The maximum atomic E-state index is 12.5. The molecule has 0 aliphatic heterocycles. The first-order valence-corrected chi connectivity index (χ1v) is 9.98. The quantitative estimate of drug-likeness (QED) is 0.717. The number of hydrogen-bond acceptors (Lipinski definition) is 2. The Morgan fingerprint density at radius 3 is 2.43 bits per heavy atom. The van der Waals surface area contributed by atoms with Crippen LogP contribution in [0.3, 0.4) is 0 Å². The topological polar surface area (TPSA) is 62.6 Å². The number of nitrogens with one attached hydrogen (secondary N) is 3. The molecule has 1 aliphatic rings. The van der Waals surface area contributed by atoms with Crippen LogP contribution in [0.2, 0.25) is 0 Å². The highest BCUT2D eigenvalue weighted by atomic mass is 16.2. The van der Waals surface area contributed by atoms with Gasteiger partial charge in [-0.25, -0.2) is 0 Å². The molecule has 1 unspecified atom stereocenters. The standard InChI is InChI=1S/C23H29N3O2/c1-16-8-6-9-17(2)23(16)25-22(28)15-26(3)14-21(27)24-20-13-7-11-18-10-4-5-12-19(18)20/h4-6,8-10,12,20H,7,11,13-15H2,1-3H3,(H,24,27)(H,25,28)/p+1/t20-/m1/s1. The number of carbonyl (C=O) groups is 2. The van der Waals surface area contributed by atoms with E-state index >= 15 is 0 Å². The maximum Gasteiger partial charge on any atom is 0.279 e. The molecule has 5 heteroatoms. The maximum absolute atomic E-state index is 12.5. The van der Waals surface area contributed by atoms with Crippen LogP contribution in [-0.2, 0) is 16.0 Å². The van der Waals surface area contributed by atoms with E-state index in [1.165, 1.54) is 11.1 Å². The Balaban J connectivity index is 1.52. The second-order valence-electron chi connectivity index (χ2n) is 7.84. The molecule has 0 aromatic heterocycles. The summed E-state index contributed by atoms with van der Waals surface area (Å²) in [6.45, 7) is 4.49. The van der Waals surface area contributed by atoms with Crippen molar-refractivity contribution in [1.29, 1.82) is 0 Å². The van der Waals surface area contributed by atoms with Gasteiger partial charge in [0.25, 0.3) is 11.8 Å². The zero-order valence-electron chi connectivity index (χ0n) is 17.0. The molecule has 2 atom stereocenters. The van der Waals surface area contributed by atoms with Crippen LogP contribution in [0, 0.1) is 13.8 Å². The van der Waals surface area contributed by atoms with Crippen LogP contribution in [0.25, 0.3) is 0 Å². The lowest BCUT2D eigenvalue weighted by molar-refractivity contribution is -0.862. The SMILES string of the molecule is Cc1cccc(C)c1NC(=O)C[NH+](C)CC(=O)N[C@@H]1CCCc2ccccc21. The number of carbonyl (C=O) groups excluding carboxylic acids is 2. The normalized spacial score (nSPS) is 16.8. The largest absolute Gasteiger partial charge is 0.344 e. The molecule has 0 saturated heterocycles. The van der Waals surface area contributed by atoms with Crippen molar-refractivity contribution >= 4 is 17.5 Å². The van der Waals surface area contributed by atoms with Crippen molar-refractivity contribution in [2.75, 3.05) is 25.5 Å². The van der Waals surface area contributed by atoms with E-state index in [-0.39, 0.29) is 30.9 Å². The third-order valence-electron chi connectivity index (χ3n) is 5.37. The van der Waals surface area contributed by atoms with Gasteiger partial charge in [0.2, 0.25) is 0 Å². The third kappa shape index (κ3) is 4.98. The number of amides is 2. The van der Waals surface area contributed by atoms with Crippen LogP contribution >= 0.6 is 0 Å². The number of quaternary nitrogens is 1. The van der Waals surface area contributed by atoms with Gasteiger partial charge in [-0.2, -0.15) is 0 Å². The fourth-order valence-electron chi connectivity index (χ4n) is 3.96. The number of aryl methyl sites for hydroxylation is 3. The highest BCUT2D eigenvalue weighted by molar-refractivity contribution is 5.93. The monoisotopic (exact) mass is 380 g/mol. The first-order chi connectivity index (χ1) is 13.4. The summed E-state index contributed by atoms with van der Waals surface area (Å²) in [5.41, 5.74) is 5.50. The summed E-state index contributed by atoms with van der Waals surface area (Å²) < 4.78 is 0. The van der Waals surface area contributed by atoms with Crippen molar-refractivity contribution in [3.8, 4) is 0 Å². The van der Waals surface area contributed by atoms with Crippen molar-refractivity contribution < 1.29 is 14.5 Å². The van der Waals surface area contributed by atoms with Crippen molar-refractivity contribution in [2.45, 2.75) is 39.2 Å². The Kier molecular flexibility index (Phi) is 6.47. The van der Waals surface area contributed by atoms with Crippen LogP contribution in [0.4, 0.5) is 5.69 Å². The van der Waals surface area contributed by atoms with E-state index in [1.54, 1.807) is 0 Å². The Morgan fingerprint density at radius 1 is 1.00 bits per heavy atom. The molecule has 148 valence electrons. The van der Waals surface area contributed by atoms with E-state index in [0.717, 1.165) is 41.0 Å². The van der Waals surface area contributed by atoms with Crippen molar-refractivity contribution in [3.05, 3.63) is 64.7 Å². The molecule has 0 fully saturated rings. The van der Waals surface area contributed by atoms with Gasteiger partial charge in [-0.3, -0.25) is 9.59 Å². The first kappa shape index (κ1) is 20.1. The lowest BCUT2D eigenvalue weighted by atomic mass is 9.88. The summed E-state index contributed by atoms with van der Waals surface area (Å²) in [6.07, 6.45) is 3.13. The van der Waals surface area contributed by atoms with Crippen LogP contribution in [0.1, 0.15) is 41.1 Å². The molecule has 28 heavy (non-hydrogen) atoms. The number of rotatable bonds is 6. The summed E-state index contributed by atoms with van der Waals surface area (Å²) >= 11 is 0. The molecule has 0 saturated carbocycles. The smallest absolute Gasteiger partial charge is 0.279 e. The average molecular weight is 381 g/mol.